The van der Waals surface area contributed by atoms with Gasteiger partial charge in [0.15, 0.2) is 11.5 Å². The van der Waals surface area contributed by atoms with Gasteiger partial charge in [-0.3, -0.25) is 0 Å². The average molecular weight is 261 g/mol. The van der Waals surface area contributed by atoms with Crippen LogP contribution in [0, 0.1) is 11.8 Å². The number of nitrogen functional groups attached to an aromatic ring is 1. The lowest BCUT2D eigenvalue weighted by Crippen LogP contribution is -2.30. The standard InChI is InChI=1S/C14H19N3O2/c15-11-5-6-12(14(18)19)16-13(11)17(7-9-1-2-9)8-10-3-4-10/h5-6,9-10H,1-4,7-8,15H2,(H,18,19). The second-order valence-electron chi connectivity index (χ2n) is 5.71. The van der Waals surface area contributed by atoms with Crippen LogP contribution in [-0.2, 0) is 0 Å². The van der Waals surface area contributed by atoms with Crippen LogP contribution in [-0.4, -0.2) is 29.1 Å². The highest BCUT2D eigenvalue weighted by molar-refractivity contribution is 5.87. The summed E-state index contributed by atoms with van der Waals surface area (Å²) in [5, 5.41) is 9.05. The molecule has 5 nitrogen and oxygen atoms in total. The Bertz CT molecular complexity index is 481. The first kappa shape index (κ1) is 12.3. The van der Waals surface area contributed by atoms with Crippen LogP contribution in [0.15, 0.2) is 12.1 Å². The highest BCUT2D eigenvalue weighted by Crippen LogP contribution is 2.36. The van der Waals surface area contributed by atoms with Crippen molar-refractivity contribution in [2.75, 3.05) is 23.7 Å². The van der Waals surface area contributed by atoms with Crippen molar-refractivity contribution in [2.45, 2.75) is 25.7 Å². The summed E-state index contributed by atoms with van der Waals surface area (Å²) in [6.45, 7) is 1.91. The molecule has 0 saturated heterocycles. The smallest absolute Gasteiger partial charge is 0.354 e. The fourth-order valence-corrected chi connectivity index (χ4v) is 2.30. The lowest BCUT2D eigenvalue weighted by molar-refractivity contribution is 0.0690. The maximum atomic E-state index is 11.0. The van der Waals surface area contributed by atoms with Crippen molar-refractivity contribution in [3.05, 3.63) is 17.8 Å². The topological polar surface area (TPSA) is 79.5 Å². The first-order valence-electron chi connectivity index (χ1n) is 6.88. The highest BCUT2D eigenvalue weighted by atomic mass is 16.4. The molecule has 1 aromatic rings. The first-order chi connectivity index (χ1) is 9.13. The molecule has 0 amide bonds. The van der Waals surface area contributed by atoms with E-state index in [2.05, 4.69) is 9.88 Å². The van der Waals surface area contributed by atoms with E-state index in [1.165, 1.54) is 31.7 Å². The summed E-state index contributed by atoms with van der Waals surface area (Å²) in [5.74, 6) is 1.11. The Morgan fingerprint density at radius 2 is 1.84 bits per heavy atom. The van der Waals surface area contributed by atoms with Crippen LogP contribution in [0.1, 0.15) is 36.2 Å². The number of carbonyl (C=O) groups is 1. The zero-order chi connectivity index (χ0) is 13.4. The number of pyridine rings is 1. The number of nitrogens with two attached hydrogens (primary N) is 1. The Morgan fingerprint density at radius 1 is 1.26 bits per heavy atom. The molecular weight excluding hydrogens is 242 g/mol. The molecule has 3 rings (SSSR count). The van der Waals surface area contributed by atoms with Gasteiger partial charge in [-0.25, -0.2) is 9.78 Å². The van der Waals surface area contributed by atoms with Gasteiger partial charge in [0.1, 0.15) is 0 Å². The Kier molecular flexibility index (Phi) is 3.05. The van der Waals surface area contributed by atoms with E-state index in [9.17, 15) is 4.79 Å². The van der Waals surface area contributed by atoms with Gasteiger partial charge in [0.2, 0.25) is 0 Å². The van der Waals surface area contributed by atoms with E-state index in [1.54, 1.807) is 6.07 Å². The molecule has 0 bridgehead atoms. The molecule has 0 unspecified atom stereocenters. The van der Waals surface area contributed by atoms with Crippen LogP contribution < -0.4 is 10.6 Å². The van der Waals surface area contributed by atoms with Gasteiger partial charge in [-0.1, -0.05) is 0 Å². The molecule has 0 spiro atoms. The van der Waals surface area contributed by atoms with Gasteiger partial charge in [-0.15, -0.1) is 0 Å². The van der Waals surface area contributed by atoms with Gasteiger partial charge in [-0.2, -0.15) is 0 Å². The summed E-state index contributed by atoms with van der Waals surface area (Å²) in [6, 6.07) is 3.12. The Hall–Kier alpha value is -1.78. The minimum atomic E-state index is -1.00. The third-order valence-electron chi connectivity index (χ3n) is 3.77. The lowest BCUT2D eigenvalue weighted by atomic mass is 10.2. The number of aromatic carboxylic acids is 1. The van der Waals surface area contributed by atoms with Crippen LogP contribution >= 0.6 is 0 Å². The van der Waals surface area contributed by atoms with Crippen LogP contribution in [0.4, 0.5) is 11.5 Å². The average Bonchev–Trinajstić information content (AvgIpc) is 3.23. The Morgan fingerprint density at radius 3 is 2.32 bits per heavy atom. The lowest BCUT2D eigenvalue weighted by Gasteiger charge is -2.25. The van der Waals surface area contributed by atoms with E-state index < -0.39 is 5.97 Å². The number of carboxylic acid groups (broad SMARTS) is 1. The van der Waals surface area contributed by atoms with Crippen molar-refractivity contribution in [3.63, 3.8) is 0 Å². The molecule has 2 saturated carbocycles. The van der Waals surface area contributed by atoms with Crippen LogP contribution in [0.2, 0.25) is 0 Å². The van der Waals surface area contributed by atoms with Crippen molar-refractivity contribution >= 4 is 17.5 Å². The van der Waals surface area contributed by atoms with Gasteiger partial charge >= 0.3 is 5.97 Å². The molecule has 0 atom stereocenters. The SMILES string of the molecule is Nc1ccc(C(=O)O)nc1N(CC1CC1)CC1CC1. The van der Waals surface area contributed by atoms with Crippen LogP contribution in [0.25, 0.3) is 0 Å². The molecule has 2 aliphatic rings. The zero-order valence-electron chi connectivity index (χ0n) is 10.9. The number of hydrogen-bond donors (Lipinski definition) is 2. The number of anilines is 2. The summed E-state index contributed by atoms with van der Waals surface area (Å²) in [6.07, 6.45) is 5.05. The van der Waals surface area contributed by atoms with Crippen molar-refractivity contribution in [3.8, 4) is 0 Å². The number of nitrogens with zero attached hydrogens (tertiary/aromatic N) is 2. The van der Waals surface area contributed by atoms with Crippen LogP contribution in [0.5, 0.6) is 0 Å². The van der Waals surface area contributed by atoms with Crippen molar-refractivity contribution < 1.29 is 9.90 Å². The van der Waals surface area contributed by atoms with E-state index in [0.717, 1.165) is 24.9 Å². The number of carboxylic acids is 1. The van der Waals surface area contributed by atoms with E-state index in [4.69, 9.17) is 10.8 Å². The first-order valence-corrected chi connectivity index (χ1v) is 6.88. The summed E-state index contributed by atoms with van der Waals surface area (Å²) in [4.78, 5) is 17.5. The third-order valence-corrected chi connectivity index (χ3v) is 3.77. The molecule has 0 radical (unpaired) electrons. The number of hydrogen-bond acceptors (Lipinski definition) is 4. The summed E-state index contributed by atoms with van der Waals surface area (Å²) >= 11 is 0. The third kappa shape index (κ3) is 2.97. The molecule has 2 fully saturated rings. The number of rotatable bonds is 6. The van der Waals surface area contributed by atoms with E-state index in [0.29, 0.717) is 11.5 Å². The predicted molar refractivity (Wildman–Crippen MR) is 73.3 cm³/mol. The second kappa shape index (κ2) is 4.72. The minimum Gasteiger partial charge on any atom is -0.477 e. The van der Waals surface area contributed by atoms with Crippen molar-refractivity contribution in [2.24, 2.45) is 11.8 Å². The highest BCUT2D eigenvalue weighted by Gasteiger charge is 2.30. The molecule has 2 aliphatic carbocycles. The molecule has 0 aliphatic heterocycles. The fraction of sp³-hybridized carbons (Fsp3) is 0.571. The van der Waals surface area contributed by atoms with Crippen LogP contribution in [0.3, 0.4) is 0 Å². The number of aromatic nitrogens is 1. The van der Waals surface area contributed by atoms with Gasteiger partial charge in [0.05, 0.1) is 5.69 Å². The quantitative estimate of drug-likeness (QED) is 0.818. The summed E-state index contributed by atoms with van der Waals surface area (Å²) in [7, 11) is 0. The molecule has 1 aromatic heterocycles. The van der Waals surface area contributed by atoms with E-state index >= 15 is 0 Å². The normalized spacial score (nSPS) is 18.3. The monoisotopic (exact) mass is 261 g/mol. The van der Waals surface area contributed by atoms with E-state index in [1.807, 2.05) is 0 Å². The van der Waals surface area contributed by atoms with Gasteiger partial charge in [0, 0.05) is 13.1 Å². The molecular formula is C14H19N3O2. The Balaban J connectivity index is 1.85. The van der Waals surface area contributed by atoms with Gasteiger partial charge in [-0.05, 0) is 49.7 Å². The predicted octanol–water partition coefficient (Wildman–Crippen LogP) is 1.99. The molecule has 0 aromatic carbocycles. The molecule has 5 heteroatoms. The maximum Gasteiger partial charge on any atom is 0.354 e. The van der Waals surface area contributed by atoms with Gasteiger partial charge < -0.3 is 15.7 Å². The molecule has 102 valence electrons. The molecule has 1 heterocycles. The zero-order valence-corrected chi connectivity index (χ0v) is 10.9. The fourth-order valence-electron chi connectivity index (χ4n) is 2.30. The van der Waals surface area contributed by atoms with Crippen molar-refractivity contribution in [1.29, 1.82) is 0 Å². The van der Waals surface area contributed by atoms with Gasteiger partial charge in [0.25, 0.3) is 0 Å². The molecule has 19 heavy (non-hydrogen) atoms. The Labute approximate surface area is 112 Å². The largest absolute Gasteiger partial charge is 0.477 e. The maximum absolute atomic E-state index is 11.0. The molecule has 3 N–H and O–H groups in total. The second-order valence-corrected chi connectivity index (χ2v) is 5.71. The van der Waals surface area contributed by atoms with E-state index in [-0.39, 0.29) is 5.69 Å². The minimum absolute atomic E-state index is 0.0702. The summed E-state index contributed by atoms with van der Waals surface area (Å²) < 4.78 is 0. The summed E-state index contributed by atoms with van der Waals surface area (Å²) in [5.41, 5.74) is 6.63. The van der Waals surface area contributed by atoms with Crippen molar-refractivity contribution in [1.82, 2.24) is 4.98 Å².